The number of hydrogen-bond acceptors (Lipinski definition) is 5. The van der Waals surface area contributed by atoms with Gasteiger partial charge in [0.2, 0.25) is 0 Å². The molecule has 0 spiro atoms. The first-order chi connectivity index (χ1) is 6.93. The monoisotopic (exact) mass is 274 g/mol. The molecule has 0 amide bonds. The van der Waals surface area contributed by atoms with Gasteiger partial charge in [-0.05, 0) is 6.42 Å². The van der Waals surface area contributed by atoms with Crippen LogP contribution in [0.2, 0.25) is 0 Å². The third-order valence-electron chi connectivity index (χ3n) is 1.59. The molecule has 0 aromatic heterocycles. The van der Waals surface area contributed by atoms with E-state index >= 15 is 0 Å². The van der Waals surface area contributed by atoms with Crippen LogP contribution in [0.5, 0.6) is 0 Å². The van der Waals surface area contributed by atoms with Gasteiger partial charge in [-0.1, -0.05) is 6.58 Å². The van der Waals surface area contributed by atoms with E-state index in [9.17, 15) is 21.6 Å². The van der Waals surface area contributed by atoms with E-state index in [-0.39, 0.29) is 0 Å². The molecule has 0 aromatic carbocycles. The summed E-state index contributed by atoms with van der Waals surface area (Å²) in [6.45, 7) is 2.99. The lowest BCUT2D eigenvalue weighted by Crippen LogP contribution is -2.30. The molecule has 10 heteroatoms. The molecule has 0 aliphatic carbocycles. The van der Waals surface area contributed by atoms with Gasteiger partial charge >= 0.3 is 5.97 Å². The molecular weight excluding hydrogens is 264 g/mol. The van der Waals surface area contributed by atoms with Crippen LogP contribution in [0.15, 0.2) is 12.2 Å². The number of hydrogen-bond donors (Lipinski definition) is 3. The Kier molecular flexibility index (Phi) is 4.61. The van der Waals surface area contributed by atoms with Crippen LogP contribution in [0.4, 0.5) is 0 Å². The maximum absolute atomic E-state index is 10.7. The van der Waals surface area contributed by atoms with Crippen molar-refractivity contribution in [3.8, 4) is 0 Å². The summed E-state index contributed by atoms with van der Waals surface area (Å²) in [7, 11) is -9.44. The lowest BCUT2D eigenvalue weighted by atomic mass is 10.2. The Balaban J connectivity index is 5.00. The summed E-state index contributed by atoms with van der Waals surface area (Å²) in [6, 6.07) is 0. The molecule has 0 fully saturated rings. The van der Waals surface area contributed by atoms with Crippen LogP contribution in [-0.2, 0) is 25.0 Å². The van der Waals surface area contributed by atoms with Crippen LogP contribution < -0.4 is 0 Å². The SMILES string of the molecule is C=C(CC(CS(=O)(=O)O)S(=O)(=O)O)C(=O)O. The Bertz CT molecular complexity index is 485. The first kappa shape index (κ1) is 15.0. The summed E-state index contributed by atoms with van der Waals surface area (Å²) in [4.78, 5) is 10.3. The van der Waals surface area contributed by atoms with Gasteiger partial charge in [0.1, 0.15) is 5.25 Å². The Morgan fingerprint density at radius 1 is 1.19 bits per heavy atom. The highest BCUT2D eigenvalue weighted by molar-refractivity contribution is 7.90. The van der Waals surface area contributed by atoms with Crippen LogP contribution in [0.1, 0.15) is 6.42 Å². The molecule has 94 valence electrons. The van der Waals surface area contributed by atoms with E-state index in [2.05, 4.69) is 6.58 Å². The first-order valence-corrected chi connectivity index (χ1v) is 6.87. The molecule has 0 heterocycles. The molecule has 3 N–H and O–H groups in total. The number of carboxylic acids is 1. The third kappa shape index (κ3) is 5.80. The fourth-order valence-electron chi connectivity index (χ4n) is 0.847. The van der Waals surface area contributed by atoms with Gasteiger partial charge in [0.25, 0.3) is 20.2 Å². The molecular formula is C6H10O8S2. The Labute approximate surface area is 92.1 Å². The van der Waals surface area contributed by atoms with Gasteiger partial charge in [0.15, 0.2) is 0 Å². The number of rotatable bonds is 6. The molecule has 0 aliphatic heterocycles. The minimum Gasteiger partial charge on any atom is -0.478 e. The molecule has 1 unspecified atom stereocenters. The molecule has 0 rings (SSSR count). The number of carbonyl (C=O) groups is 1. The van der Waals surface area contributed by atoms with Crippen molar-refractivity contribution < 1.29 is 35.8 Å². The molecule has 0 aliphatic rings. The van der Waals surface area contributed by atoms with Gasteiger partial charge in [-0.15, -0.1) is 0 Å². The summed E-state index contributed by atoms with van der Waals surface area (Å²) in [5.74, 6) is -2.82. The lowest BCUT2D eigenvalue weighted by molar-refractivity contribution is -0.132. The van der Waals surface area contributed by atoms with Gasteiger partial charge in [0, 0.05) is 5.57 Å². The largest absolute Gasteiger partial charge is 0.478 e. The highest BCUT2D eigenvalue weighted by Crippen LogP contribution is 2.13. The van der Waals surface area contributed by atoms with Crippen molar-refractivity contribution in [3.05, 3.63) is 12.2 Å². The van der Waals surface area contributed by atoms with Gasteiger partial charge in [-0.3, -0.25) is 9.11 Å². The van der Waals surface area contributed by atoms with Gasteiger partial charge in [-0.25, -0.2) is 4.79 Å². The maximum atomic E-state index is 10.7. The molecule has 16 heavy (non-hydrogen) atoms. The van der Waals surface area contributed by atoms with Gasteiger partial charge < -0.3 is 5.11 Å². The molecule has 0 aromatic rings. The molecule has 0 saturated heterocycles. The second-order valence-corrected chi connectivity index (χ2v) is 6.19. The second kappa shape index (κ2) is 4.91. The Morgan fingerprint density at radius 2 is 1.62 bits per heavy atom. The van der Waals surface area contributed by atoms with Gasteiger partial charge in [-0.2, -0.15) is 16.8 Å². The average Bonchev–Trinajstić information content (AvgIpc) is 1.98. The Morgan fingerprint density at radius 3 is 1.88 bits per heavy atom. The molecule has 1 atom stereocenters. The summed E-state index contributed by atoms with van der Waals surface area (Å²) in [6.07, 6.45) is -0.798. The van der Waals surface area contributed by atoms with Crippen molar-refractivity contribution in [3.63, 3.8) is 0 Å². The van der Waals surface area contributed by atoms with Crippen molar-refractivity contribution in [2.24, 2.45) is 0 Å². The summed E-state index contributed by atoms with van der Waals surface area (Å²) >= 11 is 0. The van der Waals surface area contributed by atoms with Crippen molar-refractivity contribution >= 4 is 26.2 Å². The quantitative estimate of drug-likeness (QED) is 0.419. The Hall–Kier alpha value is -0.970. The smallest absolute Gasteiger partial charge is 0.330 e. The summed E-state index contributed by atoms with van der Waals surface area (Å²) in [5.41, 5.74) is -0.591. The predicted molar refractivity (Wildman–Crippen MR) is 53.1 cm³/mol. The zero-order valence-corrected chi connectivity index (χ0v) is 9.53. The van der Waals surface area contributed by atoms with E-state index < -0.39 is 49.2 Å². The topological polar surface area (TPSA) is 146 Å². The van der Waals surface area contributed by atoms with Crippen LogP contribution in [0, 0.1) is 0 Å². The second-order valence-electron chi connectivity index (χ2n) is 3.00. The first-order valence-electron chi connectivity index (χ1n) is 3.76. The zero-order valence-electron chi connectivity index (χ0n) is 7.90. The normalized spacial score (nSPS) is 14.4. The van der Waals surface area contributed by atoms with Crippen molar-refractivity contribution in [2.75, 3.05) is 5.75 Å². The third-order valence-corrected chi connectivity index (χ3v) is 3.80. The van der Waals surface area contributed by atoms with Crippen LogP contribution in [-0.4, -0.2) is 48.0 Å². The van der Waals surface area contributed by atoms with E-state index in [1.165, 1.54) is 0 Å². The zero-order chi connectivity index (χ0) is 13.1. The van der Waals surface area contributed by atoms with Crippen molar-refractivity contribution in [1.82, 2.24) is 0 Å². The fraction of sp³-hybridized carbons (Fsp3) is 0.500. The van der Waals surface area contributed by atoms with E-state index in [4.69, 9.17) is 14.2 Å². The average molecular weight is 274 g/mol. The molecule has 8 nitrogen and oxygen atoms in total. The number of aliphatic carboxylic acids is 1. The van der Waals surface area contributed by atoms with E-state index in [0.29, 0.717) is 0 Å². The lowest BCUT2D eigenvalue weighted by Gasteiger charge is -2.11. The molecule has 0 saturated carbocycles. The van der Waals surface area contributed by atoms with E-state index in [0.717, 1.165) is 0 Å². The highest BCUT2D eigenvalue weighted by atomic mass is 32.2. The maximum Gasteiger partial charge on any atom is 0.330 e. The van der Waals surface area contributed by atoms with Crippen molar-refractivity contribution in [1.29, 1.82) is 0 Å². The standard InChI is InChI=1S/C6H10O8S2/c1-4(6(7)8)2-5(16(12,13)14)3-15(9,10)11/h5H,1-3H2,(H,7,8)(H,9,10,11)(H,12,13,14). The predicted octanol–water partition coefficient (Wildman–Crippen LogP) is -0.838. The van der Waals surface area contributed by atoms with E-state index in [1.807, 2.05) is 0 Å². The summed E-state index contributed by atoms with van der Waals surface area (Å²) in [5, 5.41) is 6.45. The molecule has 0 bridgehead atoms. The minimum absolute atomic E-state index is 0.591. The summed E-state index contributed by atoms with van der Waals surface area (Å²) < 4.78 is 59.4. The minimum atomic E-state index is -4.79. The molecule has 0 radical (unpaired) electrons. The fourth-order valence-corrected chi connectivity index (χ4v) is 3.05. The van der Waals surface area contributed by atoms with E-state index in [1.54, 1.807) is 0 Å². The van der Waals surface area contributed by atoms with Gasteiger partial charge in [0.05, 0.1) is 5.75 Å². The highest BCUT2D eigenvalue weighted by Gasteiger charge is 2.30. The van der Waals surface area contributed by atoms with Crippen LogP contribution in [0.25, 0.3) is 0 Å². The van der Waals surface area contributed by atoms with Crippen LogP contribution >= 0.6 is 0 Å². The van der Waals surface area contributed by atoms with Crippen molar-refractivity contribution in [2.45, 2.75) is 11.7 Å². The van der Waals surface area contributed by atoms with Crippen LogP contribution in [0.3, 0.4) is 0 Å². The number of carboxylic acid groups (broad SMARTS) is 1.